The molecule has 1 N–H and O–H groups in total. The molecule has 1 rings (SSSR count). The molecule has 15 heavy (non-hydrogen) atoms. The van der Waals surface area contributed by atoms with Crippen LogP contribution in [0.2, 0.25) is 0 Å². The van der Waals surface area contributed by atoms with Crippen LogP contribution in [0.25, 0.3) is 5.57 Å². The first-order valence-electron chi connectivity index (χ1n) is 4.61. The van der Waals surface area contributed by atoms with Gasteiger partial charge in [0.15, 0.2) is 0 Å². The first-order valence-corrected chi connectivity index (χ1v) is 4.61. The Morgan fingerprint density at radius 3 is 2.47 bits per heavy atom. The minimum absolute atomic E-state index is 0.574. The molecule has 0 aliphatic carbocycles. The summed E-state index contributed by atoms with van der Waals surface area (Å²) in [6, 6.07) is 8.90. The lowest BCUT2D eigenvalue weighted by molar-refractivity contribution is -0.131. The highest BCUT2D eigenvalue weighted by molar-refractivity contribution is 5.89. The number of rotatable bonds is 3. The lowest BCUT2D eigenvalue weighted by Gasteiger charge is -2.03. The van der Waals surface area contributed by atoms with Crippen molar-refractivity contribution in [2.45, 2.75) is 13.3 Å². The van der Waals surface area contributed by atoms with Crippen molar-refractivity contribution in [1.29, 1.82) is 5.26 Å². The van der Waals surface area contributed by atoms with Crippen molar-refractivity contribution in [3.8, 4) is 6.07 Å². The molecule has 0 radical (unpaired) electrons. The molecule has 0 bridgehead atoms. The van der Waals surface area contributed by atoms with Crippen molar-refractivity contribution in [2.24, 2.45) is 0 Å². The molecule has 0 heterocycles. The minimum Gasteiger partial charge on any atom is -0.478 e. The lowest BCUT2D eigenvalue weighted by atomic mass is 10.0. The van der Waals surface area contributed by atoms with Crippen LogP contribution >= 0.6 is 0 Å². The fraction of sp³-hybridized carbons (Fsp3) is 0.167. The molecule has 76 valence electrons. The molecular weight excluding hydrogens is 190 g/mol. The molecule has 0 saturated carbocycles. The third-order valence-corrected chi connectivity index (χ3v) is 2.06. The van der Waals surface area contributed by atoms with Crippen LogP contribution < -0.4 is 0 Å². The maximum atomic E-state index is 10.5. The average Bonchev–Trinajstić information content (AvgIpc) is 2.26. The first-order chi connectivity index (χ1) is 7.17. The van der Waals surface area contributed by atoms with E-state index in [-0.39, 0.29) is 0 Å². The van der Waals surface area contributed by atoms with Gasteiger partial charge in [0, 0.05) is 6.08 Å². The second-order valence-electron chi connectivity index (χ2n) is 3.05. The van der Waals surface area contributed by atoms with Crippen molar-refractivity contribution in [1.82, 2.24) is 0 Å². The Hall–Kier alpha value is -2.08. The maximum Gasteiger partial charge on any atom is 0.328 e. The highest BCUT2D eigenvalue weighted by Crippen LogP contribution is 2.18. The zero-order chi connectivity index (χ0) is 11.3. The summed E-state index contributed by atoms with van der Waals surface area (Å²) in [5.41, 5.74) is 2.18. The number of carboxylic acids is 1. The number of hydrogen-bond acceptors (Lipinski definition) is 2. The second-order valence-corrected chi connectivity index (χ2v) is 3.05. The fourth-order valence-corrected chi connectivity index (χ4v) is 1.30. The van der Waals surface area contributed by atoms with E-state index in [9.17, 15) is 4.79 Å². The topological polar surface area (TPSA) is 61.1 Å². The van der Waals surface area contributed by atoms with Crippen LogP contribution in [0.3, 0.4) is 0 Å². The van der Waals surface area contributed by atoms with E-state index in [0.717, 1.165) is 11.1 Å². The molecule has 0 amide bonds. The summed E-state index contributed by atoms with van der Waals surface area (Å²) in [6.07, 6.45) is 1.85. The minimum atomic E-state index is -0.948. The number of aliphatic carboxylic acids is 1. The Kier molecular flexibility index (Phi) is 3.64. The Bertz CT molecular complexity index is 424. The van der Waals surface area contributed by atoms with Gasteiger partial charge in [0.2, 0.25) is 0 Å². The second kappa shape index (κ2) is 4.97. The molecular formula is C12H11NO2. The zero-order valence-corrected chi connectivity index (χ0v) is 8.40. The molecule has 0 unspecified atom stereocenters. The zero-order valence-electron chi connectivity index (χ0n) is 8.40. The van der Waals surface area contributed by atoms with E-state index in [1.807, 2.05) is 13.0 Å². The van der Waals surface area contributed by atoms with Crippen molar-refractivity contribution in [3.05, 3.63) is 41.5 Å². The highest BCUT2D eigenvalue weighted by atomic mass is 16.4. The maximum absolute atomic E-state index is 10.5. The third kappa shape index (κ3) is 2.96. The SMILES string of the molecule is CCC(=CC(=O)O)c1ccc(C#N)cc1. The Balaban J connectivity index is 3.04. The van der Waals surface area contributed by atoms with E-state index in [2.05, 4.69) is 0 Å². The van der Waals surface area contributed by atoms with E-state index < -0.39 is 5.97 Å². The predicted octanol–water partition coefficient (Wildman–Crippen LogP) is 2.44. The van der Waals surface area contributed by atoms with Crippen molar-refractivity contribution in [2.75, 3.05) is 0 Å². The van der Waals surface area contributed by atoms with Crippen LogP contribution in [0.5, 0.6) is 0 Å². The summed E-state index contributed by atoms with van der Waals surface area (Å²) in [5.74, 6) is -0.948. The average molecular weight is 201 g/mol. The summed E-state index contributed by atoms with van der Waals surface area (Å²) in [4.78, 5) is 10.5. The van der Waals surface area contributed by atoms with E-state index in [0.29, 0.717) is 12.0 Å². The van der Waals surface area contributed by atoms with Gasteiger partial charge >= 0.3 is 5.97 Å². The molecule has 0 aliphatic rings. The number of carbonyl (C=O) groups is 1. The van der Waals surface area contributed by atoms with Gasteiger partial charge in [-0.15, -0.1) is 0 Å². The Labute approximate surface area is 88.3 Å². The Morgan fingerprint density at radius 1 is 1.47 bits per heavy atom. The van der Waals surface area contributed by atoms with Crippen LogP contribution in [-0.2, 0) is 4.79 Å². The van der Waals surface area contributed by atoms with Gasteiger partial charge in [-0.1, -0.05) is 19.1 Å². The van der Waals surface area contributed by atoms with Crippen LogP contribution in [0.1, 0.15) is 24.5 Å². The van der Waals surface area contributed by atoms with Gasteiger partial charge in [0.25, 0.3) is 0 Å². The molecule has 0 saturated heterocycles. The fourth-order valence-electron chi connectivity index (χ4n) is 1.30. The highest BCUT2D eigenvalue weighted by Gasteiger charge is 2.01. The molecule has 0 fully saturated rings. The molecule has 1 aromatic rings. The van der Waals surface area contributed by atoms with Crippen molar-refractivity contribution in [3.63, 3.8) is 0 Å². The van der Waals surface area contributed by atoms with E-state index >= 15 is 0 Å². The van der Waals surface area contributed by atoms with Crippen molar-refractivity contribution >= 4 is 11.5 Å². The molecule has 0 spiro atoms. The van der Waals surface area contributed by atoms with Crippen LogP contribution in [0.15, 0.2) is 30.3 Å². The molecule has 0 aromatic heterocycles. The summed E-state index contributed by atoms with van der Waals surface area (Å²) in [5, 5.41) is 17.3. The molecule has 0 aliphatic heterocycles. The number of carboxylic acid groups (broad SMARTS) is 1. The molecule has 3 heteroatoms. The van der Waals surface area contributed by atoms with Gasteiger partial charge < -0.3 is 5.11 Å². The summed E-state index contributed by atoms with van der Waals surface area (Å²) >= 11 is 0. The smallest absolute Gasteiger partial charge is 0.328 e. The third-order valence-electron chi connectivity index (χ3n) is 2.06. The van der Waals surface area contributed by atoms with Crippen molar-refractivity contribution < 1.29 is 9.90 Å². The first kappa shape index (κ1) is 11.0. The number of nitrogens with zero attached hydrogens (tertiary/aromatic N) is 1. The number of nitriles is 1. The van der Waals surface area contributed by atoms with Crippen LogP contribution in [0, 0.1) is 11.3 Å². The van der Waals surface area contributed by atoms with E-state index in [4.69, 9.17) is 10.4 Å². The predicted molar refractivity (Wildman–Crippen MR) is 57.1 cm³/mol. The van der Waals surface area contributed by atoms with Gasteiger partial charge in [-0.2, -0.15) is 5.26 Å². The molecule has 3 nitrogen and oxygen atoms in total. The number of allylic oxidation sites excluding steroid dienone is 1. The molecule has 0 atom stereocenters. The van der Waals surface area contributed by atoms with Gasteiger partial charge in [-0.3, -0.25) is 0 Å². The quantitative estimate of drug-likeness (QED) is 0.764. The number of benzene rings is 1. The summed E-state index contributed by atoms with van der Waals surface area (Å²) in [6.45, 7) is 1.90. The monoisotopic (exact) mass is 201 g/mol. The van der Waals surface area contributed by atoms with E-state index in [1.165, 1.54) is 6.08 Å². The summed E-state index contributed by atoms with van der Waals surface area (Å²) < 4.78 is 0. The van der Waals surface area contributed by atoms with Gasteiger partial charge in [-0.05, 0) is 29.7 Å². The van der Waals surface area contributed by atoms with Crippen LogP contribution in [0.4, 0.5) is 0 Å². The Morgan fingerprint density at radius 2 is 2.07 bits per heavy atom. The van der Waals surface area contributed by atoms with Crippen LogP contribution in [-0.4, -0.2) is 11.1 Å². The summed E-state index contributed by atoms with van der Waals surface area (Å²) in [7, 11) is 0. The van der Waals surface area contributed by atoms with Gasteiger partial charge in [-0.25, -0.2) is 4.79 Å². The van der Waals surface area contributed by atoms with E-state index in [1.54, 1.807) is 24.3 Å². The normalized spacial score (nSPS) is 10.8. The van der Waals surface area contributed by atoms with Gasteiger partial charge in [0.05, 0.1) is 11.6 Å². The number of hydrogen-bond donors (Lipinski definition) is 1. The largest absolute Gasteiger partial charge is 0.478 e. The molecule has 1 aromatic carbocycles. The standard InChI is InChI=1S/C12H11NO2/c1-2-10(7-12(14)15)11-5-3-9(8-13)4-6-11/h3-7H,2H2,1H3,(H,14,15). The lowest BCUT2D eigenvalue weighted by Crippen LogP contribution is -1.92. The van der Waals surface area contributed by atoms with Gasteiger partial charge in [0.1, 0.15) is 0 Å².